The summed E-state index contributed by atoms with van der Waals surface area (Å²) >= 11 is 0. The maximum absolute atomic E-state index is 12.1. The van der Waals surface area contributed by atoms with Gasteiger partial charge < -0.3 is 9.84 Å². The Balaban J connectivity index is 1.99. The molecule has 22 heavy (non-hydrogen) atoms. The first kappa shape index (κ1) is 17.0. The molecule has 4 nitrogen and oxygen atoms in total. The van der Waals surface area contributed by atoms with Crippen molar-refractivity contribution in [2.24, 2.45) is 0 Å². The highest BCUT2D eigenvalue weighted by Crippen LogP contribution is 2.23. The van der Waals surface area contributed by atoms with Crippen LogP contribution in [0.1, 0.15) is 45.6 Å². The van der Waals surface area contributed by atoms with Crippen molar-refractivity contribution >= 4 is 5.97 Å². The molecule has 4 heteroatoms. The van der Waals surface area contributed by atoms with Gasteiger partial charge >= 0.3 is 5.97 Å². The molecular formula is C18H27NO3. The molecule has 0 unspecified atom stereocenters. The molecule has 2 atom stereocenters. The second kappa shape index (κ2) is 7.25. The van der Waals surface area contributed by atoms with E-state index in [2.05, 4.69) is 17.0 Å². The minimum absolute atomic E-state index is 0.137. The van der Waals surface area contributed by atoms with Crippen molar-refractivity contribution in [1.82, 2.24) is 4.90 Å². The fraction of sp³-hybridized carbons (Fsp3) is 0.611. The molecule has 1 aliphatic heterocycles. The molecule has 0 bridgehead atoms. The molecule has 2 rings (SSSR count). The molecule has 0 aromatic heterocycles. The van der Waals surface area contributed by atoms with Crippen LogP contribution in [0.5, 0.6) is 0 Å². The van der Waals surface area contributed by atoms with Crippen LogP contribution in [0.4, 0.5) is 0 Å². The molecule has 1 aromatic rings. The maximum Gasteiger partial charge on any atom is 0.307 e. The number of aliphatic hydroxyl groups excluding tert-OH is 1. The van der Waals surface area contributed by atoms with E-state index < -0.39 is 5.60 Å². The first-order chi connectivity index (χ1) is 10.3. The number of nitrogens with zero attached hydrogens (tertiary/aromatic N) is 1. The first-order valence-corrected chi connectivity index (χ1v) is 8.01. The Labute approximate surface area is 133 Å². The van der Waals surface area contributed by atoms with Crippen LogP contribution in [0.3, 0.4) is 0 Å². The molecule has 0 saturated carbocycles. The first-order valence-electron chi connectivity index (χ1n) is 8.01. The van der Waals surface area contributed by atoms with E-state index >= 15 is 0 Å². The number of aliphatic hydroxyl groups is 1. The van der Waals surface area contributed by atoms with E-state index in [0.717, 1.165) is 19.4 Å². The van der Waals surface area contributed by atoms with Gasteiger partial charge in [-0.25, -0.2) is 0 Å². The predicted molar refractivity (Wildman–Crippen MR) is 86.3 cm³/mol. The lowest BCUT2D eigenvalue weighted by molar-refractivity contribution is -0.157. The van der Waals surface area contributed by atoms with Gasteiger partial charge in [0, 0.05) is 19.1 Å². The standard InChI is InChI=1S/C18H27NO3/c1-18(2,3)22-17(21)11-15-9-10-16(20)13-19(15)12-14-7-5-4-6-8-14/h4-8,15-16,20H,9-13H2,1-3H3/t15-,16+/m1/s1. The summed E-state index contributed by atoms with van der Waals surface area (Å²) in [5.74, 6) is -0.160. The van der Waals surface area contributed by atoms with Gasteiger partial charge in [-0.3, -0.25) is 9.69 Å². The lowest BCUT2D eigenvalue weighted by atomic mass is 9.96. The van der Waals surface area contributed by atoms with Crippen molar-refractivity contribution in [2.45, 2.75) is 64.3 Å². The van der Waals surface area contributed by atoms with E-state index in [1.807, 2.05) is 39.0 Å². The summed E-state index contributed by atoms with van der Waals surface area (Å²) in [4.78, 5) is 14.3. The van der Waals surface area contributed by atoms with Gasteiger partial charge in [0.15, 0.2) is 0 Å². The van der Waals surface area contributed by atoms with Crippen molar-refractivity contribution in [1.29, 1.82) is 0 Å². The highest BCUT2D eigenvalue weighted by molar-refractivity contribution is 5.70. The Morgan fingerprint density at radius 3 is 2.59 bits per heavy atom. The third-order valence-corrected chi connectivity index (χ3v) is 3.85. The lowest BCUT2D eigenvalue weighted by Crippen LogP contribution is -2.46. The Morgan fingerprint density at radius 1 is 1.27 bits per heavy atom. The van der Waals surface area contributed by atoms with Crippen molar-refractivity contribution in [2.75, 3.05) is 6.54 Å². The van der Waals surface area contributed by atoms with Gasteiger partial charge in [-0.1, -0.05) is 30.3 Å². The Bertz CT molecular complexity index is 481. The van der Waals surface area contributed by atoms with Crippen molar-refractivity contribution < 1.29 is 14.6 Å². The van der Waals surface area contributed by atoms with Gasteiger partial charge in [0.05, 0.1) is 12.5 Å². The number of ether oxygens (including phenoxy) is 1. The van der Waals surface area contributed by atoms with Crippen LogP contribution in [0.25, 0.3) is 0 Å². The summed E-state index contributed by atoms with van der Waals surface area (Å²) in [5.41, 5.74) is 0.751. The molecule has 1 saturated heterocycles. The van der Waals surface area contributed by atoms with Crippen LogP contribution >= 0.6 is 0 Å². The molecular weight excluding hydrogens is 278 g/mol. The van der Waals surface area contributed by atoms with Gasteiger partial charge in [0.25, 0.3) is 0 Å². The number of piperidine rings is 1. The summed E-state index contributed by atoms with van der Waals surface area (Å²) in [5, 5.41) is 9.94. The van der Waals surface area contributed by atoms with Gasteiger partial charge in [0.1, 0.15) is 5.60 Å². The zero-order chi connectivity index (χ0) is 16.2. The maximum atomic E-state index is 12.1. The molecule has 1 aromatic carbocycles. The number of esters is 1. The molecule has 1 fully saturated rings. The van der Waals surface area contributed by atoms with E-state index in [4.69, 9.17) is 4.74 Å². The molecule has 0 amide bonds. The minimum atomic E-state index is -0.449. The van der Waals surface area contributed by atoms with Crippen molar-refractivity contribution in [3.63, 3.8) is 0 Å². The fourth-order valence-electron chi connectivity index (χ4n) is 2.90. The van der Waals surface area contributed by atoms with Crippen molar-refractivity contribution in [3.05, 3.63) is 35.9 Å². The number of likely N-dealkylation sites (tertiary alicyclic amines) is 1. The lowest BCUT2D eigenvalue weighted by Gasteiger charge is -2.38. The summed E-state index contributed by atoms with van der Waals surface area (Å²) in [7, 11) is 0. The molecule has 0 spiro atoms. The van der Waals surface area contributed by atoms with Crippen LogP contribution in [-0.4, -0.2) is 40.3 Å². The fourth-order valence-corrected chi connectivity index (χ4v) is 2.90. The molecule has 1 aliphatic rings. The molecule has 0 radical (unpaired) electrons. The van der Waals surface area contributed by atoms with Crippen LogP contribution in [0.2, 0.25) is 0 Å². The average Bonchev–Trinajstić information content (AvgIpc) is 2.41. The van der Waals surface area contributed by atoms with E-state index in [9.17, 15) is 9.90 Å². The Hall–Kier alpha value is -1.39. The normalized spacial score (nSPS) is 23.3. The topological polar surface area (TPSA) is 49.8 Å². The Kier molecular flexibility index (Phi) is 5.59. The highest BCUT2D eigenvalue weighted by Gasteiger charge is 2.30. The number of carbonyl (C=O) groups excluding carboxylic acids is 1. The summed E-state index contributed by atoms with van der Waals surface area (Å²) in [6.45, 7) is 7.03. The number of hydrogen-bond donors (Lipinski definition) is 1. The van der Waals surface area contributed by atoms with E-state index in [0.29, 0.717) is 13.0 Å². The number of rotatable bonds is 4. The highest BCUT2D eigenvalue weighted by atomic mass is 16.6. The zero-order valence-corrected chi connectivity index (χ0v) is 13.8. The third-order valence-electron chi connectivity index (χ3n) is 3.85. The summed E-state index contributed by atoms with van der Waals surface area (Å²) in [6.07, 6.45) is 1.65. The van der Waals surface area contributed by atoms with Crippen LogP contribution in [0, 0.1) is 0 Å². The minimum Gasteiger partial charge on any atom is -0.460 e. The van der Waals surface area contributed by atoms with Crippen LogP contribution in [-0.2, 0) is 16.1 Å². The van der Waals surface area contributed by atoms with E-state index in [-0.39, 0.29) is 18.1 Å². The second-order valence-electron chi connectivity index (χ2n) is 7.09. The summed E-state index contributed by atoms with van der Waals surface area (Å²) in [6, 6.07) is 10.3. The van der Waals surface area contributed by atoms with Crippen LogP contribution < -0.4 is 0 Å². The largest absolute Gasteiger partial charge is 0.460 e. The SMILES string of the molecule is CC(C)(C)OC(=O)C[C@H]1CC[C@H](O)CN1Cc1ccccc1. The van der Waals surface area contributed by atoms with Crippen LogP contribution in [0.15, 0.2) is 30.3 Å². The molecule has 122 valence electrons. The number of carbonyl (C=O) groups is 1. The third kappa shape index (κ3) is 5.43. The smallest absolute Gasteiger partial charge is 0.307 e. The number of benzene rings is 1. The molecule has 1 heterocycles. The van der Waals surface area contributed by atoms with E-state index in [1.165, 1.54) is 5.56 Å². The quantitative estimate of drug-likeness (QED) is 0.869. The number of hydrogen-bond acceptors (Lipinski definition) is 4. The van der Waals surface area contributed by atoms with E-state index in [1.54, 1.807) is 0 Å². The predicted octanol–water partition coefficient (Wildman–Crippen LogP) is 2.74. The van der Waals surface area contributed by atoms with Gasteiger partial charge in [-0.15, -0.1) is 0 Å². The average molecular weight is 305 g/mol. The number of β-amino-alcohol motifs (C(OH)–C–C–N with tert-alkyl or cyclic N) is 1. The molecule has 0 aliphatic carbocycles. The van der Waals surface area contributed by atoms with Gasteiger partial charge in [0.2, 0.25) is 0 Å². The monoisotopic (exact) mass is 305 g/mol. The van der Waals surface area contributed by atoms with Crippen molar-refractivity contribution in [3.8, 4) is 0 Å². The zero-order valence-electron chi connectivity index (χ0n) is 13.8. The Morgan fingerprint density at radius 2 is 1.95 bits per heavy atom. The molecule has 1 N–H and O–H groups in total. The summed E-state index contributed by atoms with van der Waals surface area (Å²) < 4.78 is 5.44. The van der Waals surface area contributed by atoms with Gasteiger partial charge in [-0.2, -0.15) is 0 Å². The van der Waals surface area contributed by atoms with Gasteiger partial charge in [-0.05, 0) is 39.2 Å². The second-order valence-corrected chi connectivity index (χ2v) is 7.09.